The van der Waals surface area contributed by atoms with Crippen LogP contribution in [-0.4, -0.2) is 35.1 Å². The first-order chi connectivity index (χ1) is 17.0. The number of nitrogens with zero attached hydrogens (tertiary/aromatic N) is 1. The second-order valence-corrected chi connectivity index (χ2v) is 10.1. The predicted octanol–water partition coefficient (Wildman–Crippen LogP) is 5.95. The number of thioether (sulfide) groups is 1. The van der Waals surface area contributed by atoms with Gasteiger partial charge in [0.1, 0.15) is 6.04 Å². The van der Waals surface area contributed by atoms with E-state index in [2.05, 4.69) is 42.6 Å². The fourth-order valence-electron chi connectivity index (χ4n) is 3.96. The van der Waals surface area contributed by atoms with Crippen LogP contribution in [0, 0.1) is 13.8 Å². The maximum absolute atomic E-state index is 13.6. The van der Waals surface area contributed by atoms with Crippen molar-refractivity contribution in [3.63, 3.8) is 0 Å². The summed E-state index contributed by atoms with van der Waals surface area (Å²) in [4.78, 5) is 29.9. The molecule has 0 unspecified atom stereocenters. The van der Waals surface area contributed by atoms with Crippen molar-refractivity contribution >= 4 is 23.6 Å². The Morgan fingerprint density at radius 3 is 2.29 bits per heavy atom. The molecule has 5 heteroatoms. The molecule has 0 radical (unpaired) electrons. The highest BCUT2D eigenvalue weighted by molar-refractivity contribution is 7.99. The minimum Gasteiger partial charge on any atom is -0.354 e. The van der Waals surface area contributed by atoms with Gasteiger partial charge in [0.05, 0.1) is 0 Å². The van der Waals surface area contributed by atoms with Crippen LogP contribution in [0.3, 0.4) is 0 Å². The summed E-state index contributed by atoms with van der Waals surface area (Å²) in [6, 6.07) is 25.9. The van der Waals surface area contributed by atoms with Gasteiger partial charge in [0.2, 0.25) is 11.8 Å². The molecule has 0 aliphatic heterocycles. The molecule has 3 rings (SSSR count). The van der Waals surface area contributed by atoms with E-state index in [1.54, 1.807) is 16.7 Å². The second kappa shape index (κ2) is 13.7. The van der Waals surface area contributed by atoms with Crippen LogP contribution in [0.4, 0.5) is 0 Å². The number of benzene rings is 3. The zero-order valence-corrected chi connectivity index (χ0v) is 21.8. The molecule has 1 atom stereocenters. The molecule has 2 amide bonds. The van der Waals surface area contributed by atoms with Gasteiger partial charge in [-0.05, 0) is 43.5 Å². The quantitative estimate of drug-likeness (QED) is 0.320. The normalized spacial score (nSPS) is 11.6. The lowest BCUT2D eigenvalue weighted by Crippen LogP contribution is -2.50. The lowest BCUT2D eigenvalue weighted by molar-refractivity contribution is -0.141. The number of carbonyl (C=O) groups excluding carboxylic acids is 2. The van der Waals surface area contributed by atoms with Gasteiger partial charge in [-0.25, -0.2) is 0 Å². The van der Waals surface area contributed by atoms with E-state index in [-0.39, 0.29) is 11.8 Å². The lowest BCUT2D eigenvalue weighted by Gasteiger charge is -2.31. The van der Waals surface area contributed by atoms with E-state index >= 15 is 0 Å². The van der Waals surface area contributed by atoms with Gasteiger partial charge in [-0.2, -0.15) is 0 Å². The minimum atomic E-state index is -0.568. The first-order valence-electron chi connectivity index (χ1n) is 12.3. The Kier molecular flexibility index (Phi) is 10.4. The van der Waals surface area contributed by atoms with Gasteiger partial charge in [-0.3, -0.25) is 9.59 Å². The molecule has 0 bridgehead atoms. The van der Waals surface area contributed by atoms with Crippen molar-refractivity contribution in [1.29, 1.82) is 0 Å². The number of amides is 2. The zero-order chi connectivity index (χ0) is 25.0. The highest BCUT2D eigenvalue weighted by Crippen LogP contribution is 2.21. The van der Waals surface area contributed by atoms with E-state index < -0.39 is 6.04 Å². The lowest BCUT2D eigenvalue weighted by atomic mass is 10.0. The third kappa shape index (κ3) is 8.59. The van der Waals surface area contributed by atoms with Crippen molar-refractivity contribution in [2.45, 2.75) is 57.5 Å². The highest BCUT2D eigenvalue weighted by Gasteiger charge is 2.30. The number of hydrogen-bond acceptors (Lipinski definition) is 3. The minimum absolute atomic E-state index is 0.00121. The molecule has 3 aromatic carbocycles. The van der Waals surface area contributed by atoms with Gasteiger partial charge >= 0.3 is 0 Å². The Morgan fingerprint density at radius 1 is 0.886 bits per heavy atom. The van der Waals surface area contributed by atoms with Crippen LogP contribution in [0.1, 0.15) is 42.0 Å². The van der Waals surface area contributed by atoms with Gasteiger partial charge < -0.3 is 10.2 Å². The van der Waals surface area contributed by atoms with Crippen LogP contribution in [0.2, 0.25) is 0 Å². The topological polar surface area (TPSA) is 49.4 Å². The Balaban J connectivity index is 1.82. The summed E-state index contributed by atoms with van der Waals surface area (Å²) >= 11 is 1.67. The van der Waals surface area contributed by atoms with Crippen LogP contribution in [-0.2, 0) is 22.6 Å². The maximum atomic E-state index is 13.6. The van der Waals surface area contributed by atoms with E-state index in [0.29, 0.717) is 31.7 Å². The smallest absolute Gasteiger partial charge is 0.243 e. The third-order valence-electron chi connectivity index (χ3n) is 5.86. The Hall–Kier alpha value is -3.05. The second-order valence-electron chi connectivity index (χ2n) is 8.92. The van der Waals surface area contributed by atoms with Crippen molar-refractivity contribution in [2.75, 3.05) is 12.3 Å². The molecule has 35 heavy (non-hydrogen) atoms. The molecule has 1 N–H and O–H groups in total. The first-order valence-corrected chi connectivity index (χ1v) is 13.3. The van der Waals surface area contributed by atoms with E-state index in [0.717, 1.165) is 28.0 Å². The molecular weight excluding hydrogens is 452 g/mol. The molecule has 0 saturated carbocycles. The zero-order valence-electron chi connectivity index (χ0n) is 21.0. The standard InChI is InChI=1S/C30H36N2O2S/c1-4-18-31-30(34)28(21-25-10-6-5-7-11-25)32(22-26-12-8-9-24(3)20-26)29(33)17-19-35-27-15-13-23(2)14-16-27/h5-16,20,28H,4,17-19,21-22H2,1-3H3,(H,31,34)/t28-/m0/s1. The Morgan fingerprint density at radius 2 is 1.60 bits per heavy atom. The van der Waals surface area contributed by atoms with E-state index in [9.17, 15) is 9.59 Å². The van der Waals surface area contributed by atoms with Crippen LogP contribution >= 0.6 is 11.8 Å². The van der Waals surface area contributed by atoms with Gasteiger partial charge in [-0.1, -0.05) is 84.8 Å². The predicted molar refractivity (Wildman–Crippen MR) is 145 cm³/mol. The summed E-state index contributed by atoms with van der Waals surface area (Å²) in [5.74, 6) is 0.572. The number of aryl methyl sites for hydroxylation is 2. The van der Waals surface area contributed by atoms with Crippen LogP contribution in [0.5, 0.6) is 0 Å². The van der Waals surface area contributed by atoms with Crippen molar-refractivity contribution in [1.82, 2.24) is 10.2 Å². The third-order valence-corrected chi connectivity index (χ3v) is 6.88. The summed E-state index contributed by atoms with van der Waals surface area (Å²) in [7, 11) is 0. The average molecular weight is 489 g/mol. The highest BCUT2D eigenvalue weighted by atomic mass is 32.2. The molecule has 3 aromatic rings. The fraction of sp³-hybridized carbons (Fsp3) is 0.333. The van der Waals surface area contributed by atoms with E-state index in [4.69, 9.17) is 0 Å². The van der Waals surface area contributed by atoms with Gasteiger partial charge in [0.15, 0.2) is 0 Å². The molecule has 4 nitrogen and oxygen atoms in total. The number of hydrogen-bond donors (Lipinski definition) is 1. The van der Waals surface area contributed by atoms with E-state index in [1.807, 2.05) is 62.4 Å². The number of carbonyl (C=O) groups is 2. The molecule has 0 spiro atoms. The number of rotatable bonds is 12. The molecular formula is C30H36N2O2S. The first kappa shape index (κ1) is 26.6. The van der Waals surface area contributed by atoms with Gasteiger partial charge in [0, 0.05) is 36.6 Å². The summed E-state index contributed by atoms with van der Waals surface area (Å²) in [6.07, 6.45) is 1.71. The van der Waals surface area contributed by atoms with Crippen LogP contribution in [0.15, 0.2) is 83.8 Å². The van der Waals surface area contributed by atoms with E-state index in [1.165, 1.54) is 5.56 Å². The molecule has 0 fully saturated rings. The van der Waals surface area contributed by atoms with Gasteiger partial charge in [0.25, 0.3) is 0 Å². The maximum Gasteiger partial charge on any atom is 0.243 e. The van der Waals surface area contributed by atoms with Crippen LogP contribution in [0.25, 0.3) is 0 Å². The summed E-state index contributed by atoms with van der Waals surface area (Å²) in [6.45, 7) is 7.15. The molecule has 0 aliphatic carbocycles. The summed E-state index contributed by atoms with van der Waals surface area (Å²) in [5, 5.41) is 3.03. The van der Waals surface area contributed by atoms with Crippen LogP contribution < -0.4 is 5.32 Å². The van der Waals surface area contributed by atoms with Gasteiger partial charge in [-0.15, -0.1) is 11.8 Å². The largest absolute Gasteiger partial charge is 0.354 e. The molecule has 0 aliphatic rings. The van der Waals surface area contributed by atoms with Crippen molar-refractivity contribution in [2.24, 2.45) is 0 Å². The summed E-state index contributed by atoms with van der Waals surface area (Å²) in [5.41, 5.74) is 4.43. The molecule has 0 saturated heterocycles. The van der Waals surface area contributed by atoms with Crippen molar-refractivity contribution in [3.8, 4) is 0 Å². The SMILES string of the molecule is CCCNC(=O)[C@H](Cc1ccccc1)N(Cc1cccc(C)c1)C(=O)CCSc1ccc(C)cc1. The van der Waals surface area contributed by atoms with Crippen molar-refractivity contribution < 1.29 is 9.59 Å². The molecule has 0 aromatic heterocycles. The monoisotopic (exact) mass is 488 g/mol. The van der Waals surface area contributed by atoms with Crippen molar-refractivity contribution in [3.05, 3.63) is 101 Å². The summed E-state index contributed by atoms with van der Waals surface area (Å²) < 4.78 is 0. The molecule has 0 heterocycles. The number of nitrogens with one attached hydrogen (secondary N) is 1. The average Bonchev–Trinajstić information content (AvgIpc) is 2.86. The molecule has 184 valence electrons. The Labute approximate surface area is 214 Å². The fourth-order valence-corrected chi connectivity index (χ4v) is 4.80. The Bertz CT molecular complexity index is 1080.